The Labute approximate surface area is 103 Å². The topological polar surface area (TPSA) is 56.5 Å². The fourth-order valence-electron chi connectivity index (χ4n) is 2.12. The zero-order valence-corrected chi connectivity index (χ0v) is 9.73. The van der Waals surface area contributed by atoms with Crippen LogP contribution in [0.15, 0.2) is 34.8 Å². The standard InChI is InChI=1S/C14H10O4/c1-2-8-9-5-3-4-6-11(9)17-13(8)12-7-10(15)14(16)18-12/h3-7H,2H2,1H3. The molecule has 1 aromatic heterocycles. The Bertz CT molecular complexity index is 691. The number of esters is 1. The molecule has 4 nitrogen and oxygen atoms in total. The molecule has 18 heavy (non-hydrogen) atoms. The van der Waals surface area contributed by atoms with E-state index >= 15 is 0 Å². The number of cyclic esters (lactones) is 1. The molecule has 0 N–H and O–H groups in total. The summed E-state index contributed by atoms with van der Waals surface area (Å²) in [6.45, 7) is 1.99. The van der Waals surface area contributed by atoms with Crippen LogP contribution in [0.1, 0.15) is 18.2 Å². The van der Waals surface area contributed by atoms with E-state index in [1.165, 1.54) is 6.08 Å². The lowest BCUT2D eigenvalue weighted by molar-refractivity contribution is -0.144. The molecule has 0 amide bonds. The Morgan fingerprint density at radius 3 is 2.61 bits per heavy atom. The van der Waals surface area contributed by atoms with Crippen molar-refractivity contribution >= 4 is 28.5 Å². The highest BCUT2D eigenvalue weighted by Gasteiger charge is 2.29. The number of hydrogen-bond acceptors (Lipinski definition) is 4. The minimum Gasteiger partial charge on any atom is -0.452 e. The molecule has 0 saturated heterocycles. The maximum atomic E-state index is 11.2. The minimum absolute atomic E-state index is 0.207. The number of carbonyl (C=O) groups excluding carboxylic acids is 2. The molecule has 4 heteroatoms. The monoisotopic (exact) mass is 242 g/mol. The van der Waals surface area contributed by atoms with E-state index in [4.69, 9.17) is 9.15 Å². The van der Waals surface area contributed by atoms with E-state index < -0.39 is 11.8 Å². The van der Waals surface area contributed by atoms with Gasteiger partial charge in [0.15, 0.2) is 11.5 Å². The zero-order valence-electron chi connectivity index (χ0n) is 9.73. The number of rotatable bonds is 2. The van der Waals surface area contributed by atoms with Crippen LogP contribution >= 0.6 is 0 Å². The van der Waals surface area contributed by atoms with Crippen molar-refractivity contribution < 1.29 is 18.7 Å². The van der Waals surface area contributed by atoms with Gasteiger partial charge in [-0.2, -0.15) is 0 Å². The second-order valence-corrected chi connectivity index (χ2v) is 4.02. The van der Waals surface area contributed by atoms with Crippen molar-refractivity contribution in [3.05, 3.63) is 41.7 Å². The maximum absolute atomic E-state index is 11.2. The molecule has 2 aromatic rings. The molecular formula is C14H10O4. The zero-order chi connectivity index (χ0) is 12.7. The van der Waals surface area contributed by atoms with E-state index in [0.29, 0.717) is 5.76 Å². The summed E-state index contributed by atoms with van der Waals surface area (Å²) in [5.41, 5.74) is 1.67. The van der Waals surface area contributed by atoms with Gasteiger partial charge < -0.3 is 9.15 Å². The van der Waals surface area contributed by atoms with Crippen molar-refractivity contribution in [2.75, 3.05) is 0 Å². The highest BCUT2D eigenvalue weighted by Crippen LogP contribution is 2.33. The van der Waals surface area contributed by atoms with Crippen LogP contribution in [0, 0.1) is 0 Å². The maximum Gasteiger partial charge on any atom is 0.384 e. The predicted octanol–water partition coefficient (Wildman–Crippen LogP) is 2.46. The van der Waals surface area contributed by atoms with E-state index in [0.717, 1.165) is 23.0 Å². The van der Waals surface area contributed by atoms with Crippen LogP contribution in [-0.2, 0) is 20.7 Å². The van der Waals surface area contributed by atoms with Crippen LogP contribution in [0.2, 0.25) is 0 Å². The normalized spacial score (nSPS) is 15.1. The Hall–Kier alpha value is -2.36. The smallest absolute Gasteiger partial charge is 0.384 e. The molecule has 0 unspecified atom stereocenters. The lowest BCUT2D eigenvalue weighted by atomic mass is 10.1. The molecule has 90 valence electrons. The molecule has 2 heterocycles. The summed E-state index contributed by atoms with van der Waals surface area (Å²) in [7, 11) is 0. The first-order chi connectivity index (χ1) is 8.70. The molecule has 0 bridgehead atoms. The van der Waals surface area contributed by atoms with Gasteiger partial charge in [-0.05, 0) is 12.5 Å². The van der Waals surface area contributed by atoms with Gasteiger partial charge in [0.2, 0.25) is 0 Å². The Balaban J connectivity index is 2.21. The Kier molecular flexibility index (Phi) is 2.30. The fraction of sp³-hybridized carbons (Fsp3) is 0.143. The van der Waals surface area contributed by atoms with Crippen molar-refractivity contribution in [2.45, 2.75) is 13.3 Å². The molecule has 0 radical (unpaired) electrons. The van der Waals surface area contributed by atoms with E-state index in [1.807, 2.05) is 31.2 Å². The quantitative estimate of drug-likeness (QED) is 0.599. The third-order valence-electron chi connectivity index (χ3n) is 2.94. The number of hydrogen-bond donors (Lipinski definition) is 0. The second kappa shape index (κ2) is 3.84. The van der Waals surface area contributed by atoms with Gasteiger partial charge in [0.05, 0.1) is 0 Å². The number of benzene rings is 1. The summed E-state index contributed by atoms with van der Waals surface area (Å²) in [5.74, 6) is -0.823. The highest BCUT2D eigenvalue weighted by atomic mass is 16.6. The summed E-state index contributed by atoms with van der Waals surface area (Å²) >= 11 is 0. The Morgan fingerprint density at radius 2 is 1.94 bits per heavy atom. The van der Waals surface area contributed by atoms with Gasteiger partial charge in [-0.3, -0.25) is 4.79 Å². The summed E-state index contributed by atoms with van der Waals surface area (Å²) in [4.78, 5) is 22.3. The molecule has 0 fully saturated rings. The van der Waals surface area contributed by atoms with Gasteiger partial charge in [-0.15, -0.1) is 0 Å². The van der Waals surface area contributed by atoms with E-state index in [2.05, 4.69) is 0 Å². The molecule has 3 rings (SSSR count). The summed E-state index contributed by atoms with van der Waals surface area (Å²) in [6.07, 6.45) is 1.91. The van der Waals surface area contributed by atoms with Crippen molar-refractivity contribution in [1.29, 1.82) is 0 Å². The number of fused-ring (bicyclic) bond motifs is 1. The number of ketones is 1. The average molecular weight is 242 g/mol. The fourth-order valence-corrected chi connectivity index (χ4v) is 2.12. The lowest BCUT2D eigenvalue weighted by Gasteiger charge is -1.99. The van der Waals surface area contributed by atoms with Crippen LogP contribution in [0.5, 0.6) is 0 Å². The van der Waals surface area contributed by atoms with Crippen LogP contribution < -0.4 is 0 Å². The number of para-hydroxylation sites is 1. The first kappa shape index (κ1) is 10.8. The second-order valence-electron chi connectivity index (χ2n) is 4.02. The van der Waals surface area contributed by atoms with Gasteiger partial charge in [0.25, 0.3) is 5.78 Å². The third-order valence-corrected chi connectivity index (χ3v) is 2.94. The van der Waals surface area contributed by atoms with E-state index in [-0.39, 0.29) is 5.76 Å². The first-order valence-electron chi connectivity index (χ1n) is 5.69. The third kappa shape index (κ3) is 1.46. The first-order valence-corrected chi connectivity index (χ1v) is 5.69. The van der Waals surface area contributed by atoms with Gasteiger partial charge in [-0.1, -0.05) is 25.1 Å². The van der Waals surface area contributed by atoms with Crippen LogP contribution in [0.3, 0.4) is 0 Å². The molecule has 1 aliphatic rings. The van der Waals surface area contributed by atoms with Gasteiger partial charge in [0, 0.05) is 17.0 Å². The predicted molar refractivity (Wildman–Crippen MR) is 64.7 cm³/mol. The number of ether oxygens (including phenoxy) is 1. The van der Waals surface area contributed by atoms with Crippen molar-refractivity contribution in [3.63, 3.8) is 0 Å². The minimum atomic E-state index is -0.854. The summed E-state index contributed by atoms with van der Waals surface area (Å²) in [6, 6.07) is 7.58. The molecule has 0 spiro atoms. The largest absolute Gasteiger partial charge is 0.452 e. The molecule has 1 aromatic carbocycles. The average Bonchev–Trinajstić information content (AvgIpc) is 2.90. The van der Waals surface area contributed by atoms with Gasteiger partial charge >= 0.3 is 5.97 Å². The molecule has 0 atom stereocenters. The molecule has 0 aliphatic carbocycles. The van der Waals surface area contributed by atoms with E-state index in [1.54, 1.807) is 0 Å². The van der Waals surface area contributed by atoms with Crippen LogP contribution in [-0.4, -0.2) is 11.8 Å². The summed E-state index contributed by atoms with van der Waals surface area (Å²) < 4.78 is 10.6. The number of carbonyl (C=O) groups is 2. The molecular weight excluding hydrogens is 232 g/mol. The van der Waals surface area contributed by atoms with Gasteiger partial charge in [-0.25, -0.2) is 4.79 Å². The number of aryl methyl sites for hydroxylation is 1. The SMILES string of the molecule is CCc1c(C2=CC(=O)C(=O)O2)oc2ccccc12. The van der Waals surface area contributed by atoms with Crippen LogP contribution in [0.25, 0.3) is 16.7 Å². The Morgan fingerprint density at radius 1 is 1.17 bits per heavy atom. The summed E-state index contributed by atoms with van der Waals surface area (Å²) in [5, 5.41) is 0.978. The number of furan rings is 1. The van der Waals surface area contributed by atoms with Crippen molar-refractivity contribution in [1.82, 2.24) is 0 Å². The highest BCUT2D eigenvalue weighted by molar-refractivity contribution is 6.43. The van der Waals surface area contributed by atoms with Crippen molar-refractivity contribution in [2.24, 2.45) is 0 Å². The van der Waals surface area contributed by atoms with Gasteiger partial charge in [0.1, 0.15) is 5.58 Å². The van der Waals surface area contributed by atoms with Crippen LogP contribution in [0.4, 0.5) is 0 Å². The van der Waals surface area contributed by atoms with Crippen molar-refractivity contribution in [3.8, 4) is 0 Å². The van der Waals surface area contributed by atoms with E-state index in [9.17, 15) is 9.59 Å². The molecule has 1 aliphatic heterocycles. The lowest BCUT2D eigenvalue weighted by Crippen LogP contribution is -2.05. The molecule has 0 saturated carbocycles.